The number of carbonyl (C=O) groups is 1. The van der Waals surface area contributed by atoms with Crippen molar-refractivity contribution in [2.24, 2.45) is 5.41 Å². The molecule has 0 unspecified atom stereocenters. The molecule has 5 heterocycles. The van der Waals surface area contributed by atoms with Crippen LogP contribution in [0.1, 0.15) is 55.5 Å². The lowest BCUT2D eigenvalue weighted by molar-refractivity contribution is -0.386. The minimum atomic E-state index is -4.59. The summed E-state index contributed by atoms with van der Waals surface area (Å²) in [6.07, 6.45) is 7.19. The SMILES string of the molecule is CC1(C)CCC(CN2CCN(c3ccc(C(=O)NS(=O)(=O)c4ccc(OCCCN5CCOCC5)c([N+](=O)[O-])c4)c(-n4[nH]cc5nc6nccc6cc54)c3)CC2)=C(c2ccc(Cl)cc2)C1. The van der Waals surface area contributed by atoms with Crippen molar-refractivity contribution in [3.8, 4) is 11.4 Å². The molecule has 1 amide bonds. The maximum Gasteiger partial charge on any atom is 0.312 e. The Morgan fingerprint density at radius 1 is 0.985 bits per heavy atom. The number of H-pyrrole nitrogens is 1. The van der Waals surface area contributed by atoms with Crippen LogP contribution in [0.15, 0.2) is 95.7 Å². The Kier molecular flexibility index (Phi) is 12.7. The van der Waals surface area contributed by atoms with E-state index in [1.54, 1.807) is 23.1 Å². The van der Waals surface area contributed by atoms with Gasteiger partial charge in [0.25, 0.3) is 15.9 Å². The van der Waals surface area contributed by atoms with Gasteiger partial charge in [-0.05, 0) is 96.8 Å². The van der Waals surface area contributed by atoms with Crippen LogP contribution < -0.4 is 14.4 Å². The fraction of sp³-hybridized carbons (Fsp3) is 0.383. The number of ether oxygens (including phenoxy) is 2. The van der Waals surface area contributed by atoms with Crippen LogP contribution in [0.5, 0.6) is 5.75 Å². The summed E-state index contributed by atoms with van der Waals surface area (Å²) in [5.41, 5.74) is 6.95. The fourth-order valence-electron chi connectivity index (χ4n) is 9.07. The van der Waals surface area contributed by atoms with Crippen molar-refractivity contribution < 1.29 is 27.6 Å². The maximum absolute atomic E-state index is 14.2. The molecular formula is C47H52ClN9O7S. The molecule has 0 atom stereocenters. The highest BCUT2D eigenvalue weighted by Crippen LogP contribution is 2.43. The lowest BCUT2D eigenvalue weighted by atomic mass is 9.72. The lowest BCUT2D eigenvalue weighted by Gasteiger charge is -2.39. The molecule has 3 aliphatic rings. The van der Waals surface area contributed by atoms with Crippen molar-refractivity contribution in [2.45, 2.75) is 44.4 Å². The molecular weight excluding hydrogens is 870 g/mol. The molecule has 65 heavy (non-hydrogen) atoms. The van der Waals surface area contributed by atoms with Gasteiger partial charge in [-0.25, -0.2) is 23.1 Å². The van der Waals surface area contributed by atoms with E-state index in [2.05, 4.69) is 60.5 Å². The largest absolute Gasteiger partial charge is 0.487 e. The highest BCUT2D eigenvalue weighted by molar-refractivity contribution is 7.90. The van der Waals surface area contributed by atoms with E-state index in [4.69, 9.17) is 21.1 Å². The molecule has 16 nitrogen and oxygen atoms in total. The number of halogens is 1. The summed E-state index contributed by atoms with van der Waals surface area (Å²) in [7, 11) is -4.59. The highest BCUT2D eigenvalue weighted by atomic mass is 35.5. The number of morpholine rings is 1. The van der Waals surface area contributed by atoms with Gasteiger partial charge in [0.15, 0.2) is 11.4 Å². The zero-order valence-corrected chi connectivity index (χ0v) is 38.0. The van der Waals surface area contributed by atoms with Gasteiger partial charge in [0, 0.05) is 86.9 Å². The molecule has 1 aliphatic carbocycles. The van der Waals surface area contributed by atoms with Gasteiger partial charge >= 0.3 is 5.69 Å². The Hall–Kier alpha value is -5.85. The van der Waals surface area contributed by atoms with Crippen molar-refractivity contribution in [3.63, 3.8) is 0 Å². The number of amides is 1. The number of carbonyl (C=O) groups excluding carboxylic acids is 1. The number of pyridine rings is 1. The number of nitrogens with one attached hydrogen (secondary N) is 2. The number of nitro groups is 1. The second-order valence-corrected chi connectivity index (χ2v) is 19.9. The van der Waals surface area contributed by atoms with E-state index in [0.717, 1.165) is 93.8 Å². The first-order valence-electron chi connectivity index (χ1n) is 22.0. The van der Waals surface area contributed by atoms with E-state index in [-0.39, 0.29) is 23.3 Å². The molecule has 0 spiro atoms. The summed E-state index contributed by atoms with van der Waals surface area (Å²) in [5.74, 6) is -0.973. The van der Waals surface area contributed by atoms with Crippen molar-refractivity contribution in [3.05, 3.63) is 117 Å². The molecule has 18 heteroatoms. The van der Waals surface area contributed by atoms with Gasteiger partial charge in [0.1, 0.15) is 5.52 Å². The van der Waals surface area contributed by atoms with Crippen LogP contribution >= 0.6 is 11.6 Å². The van der Waals surface area contributed by atoms with Gasteiger partial charge in [0.05, 0.1) is 46.4 Å². The normalized spacial score (nSPS) is 17.5. The van der Waals surface area contributed by atoms with Crippen LogP contribution in [-0.4, -0.2) is 121 Å². The molecule has 340 valence electrons. The average molecular weight is 923 g/mol. The molecule has 2 fully saturated rings. The molecule has 0 bridgehead atoms. The number of benzene rings is 3. The van der Waals surface area contributed by atoms with Crippen LogP contribution in [0.4, 0.5) is 11.4 Å². The van der Waals surface area contributed by atoms with Crippen molar-refractivity contribution in [1.29, 1.82) is 0 Å². The number of anilines is 1. The van der Waals surface area contributed by atoms with E-state index in [1.165, 1.54) is 28.8 Å². The predicted molar refractivity (Wildman–Crippen MR) is 250 cm³/mol. The van der Waals surface area contributed by atoms with Crippen molar-refractivity contribution >= 4 is 66.5 Å². The Labute approximate surface area is 382 Å². The zero-order valence-electron chi connectivity index (χ0n) is 36.5. The molecule has 2 N–H and O–H groups in total. The molecule has 0 saturated carbocycles. The third kappa shape index (κ3) is 9.89. The zero-order chi connectivity index (χ0) is 45.3. The Bertz CT molecular complexity index is 2880. The minimum Gasteiger partial charge on any atom is -0.487 e. The van der Waals surface area contributed by atoms with Crippen molar-refractivity contribution in [2.75, 3.05) is 77.1 Å². The number of hydrogen-bond acceptors (Lipinski definition) is 12. The van der Waals surface area contributed by atoms with Crippen LogP contribution in [0, 0.1) is 15.5 Å². The third-order valence-corrected chi connectivity index (χ3v) is 14.3. The first-order chi connectivity index (χ1) is 31.3. The Morgan fingerprint density at radius 2 is 1.77 bits per heavy atom. The number of allylic oxidation sites excluding steroid dienone is 1. The van der Waals surface area contributed by atoms with Gasteiger partial charge in [-0.1, -0.05) is 43.2 Å². The molecule has 3 aromatic heterocycles. The number of fused-ring (bicyclic) bond motifs is 2. The maximum atomic E-state index is 14.2. The van der Waals surface area contributed by atoms with E-state index >= 15 is 0 Å². The smallest absolute Gasteiger partial charge is 0.312 e. The summed E-state index contributed by atoms with van der Waals surface area (Å²) < 4.78 is 42.7. The molecule has 9 rings (SSSR count). The Balaban J connectivity index is 0.952. The number of nitrogens with zero attached hydrogens (tertiary/aromatic N) is 7. The molecule has 6 aromatic rings. The summed E-state index contributed by atoms with van der Waals surface area (Å²) in [6.45, 7) is 12.5. The molecule has 0 radical (unpaired) electrons. The topological polar surface area (TPSA) is 181 Å². The number of aromatic amines is 1. The van der Waals surface area contributed by atoms with Crippen molar-refractivity contribution in [1.82, 2.24) is 34.3 Å². The summed E-state index contributed by atoms with van der Waals surface area (Å²) in [4.78, 5) is 41.2. The van der Waals surface area contributed by atoms with Crippen LogP contribution in [0.25, 0.3) is 33.3 Å². The Morgan fingerprint density at radius 3 is 2.54 bits per heavy atom. The van der Waals surface area contributed by atoms with E-state index < -0.39 is 31.4 Å². The van der Waals surface area contributed by atoms with Gasteiger partial charge < -0.3 is 14.4 Å². The van der Waals surface area contributed by atoms with Gasteiger partial charge in [0.2, 0.25) is 0 Å². The molecule has 3 aromatic carbocycles. The van der Waals surface area contributed by atoms with Crippen LogP contribution in [0.3, 0.4) is 0 Å². The monoisotopic (exact) mass is 921 g/mol. The van der Waals surface area contributed by atoms with Gasteiger partial charge in [-0.15, -0.1) is 0 Å². The van der Waals surface area contributed by atoms with E-state index in [9.17, 15) is 23.3 Å². The second-order valence-electron chi connectivity index (χ2n) is 17.7. The number of sulfonamides is 1. The predicted octanol–water partition coefficient (Wildman–Crippen LogP) is 7.47. The number of nitro benzene ring substituents is 1. The number of hydrogen-bond donors (Lipinski definition) is 2. The van der Waals surface area contributed by atoms with E-state index in [1.807, 2.05) is 36.4 Å². The van der Waals surface area contributed by atoms with Crippen LogP contribution in [0.2, 0.25) is 5.02 Å². The summed E-state index contributed by atoms with van der Waals surface area (Å²) in [5, 5.41) is 16.9. The lowest BCUT2D eigenvalue weighted by Crippen LogP contribution is -2.47. The number of piperazine rings is 1. The first kappa shape index (κ1) is 44.4. The van der Waals surface area contributed by atoms with E-state index in [0.29, 0.717) is 42.0 Å². The molecule has 2 aliphatic heterocycles. The average Bonchev–Trinajstić information content (AvgIpc) is 3.94. The minimum absolute atomic E-state index is 0.0575. The summed E-state index contributed by atoms with van der Waals surface area (Å²) in [6, 6.07) is 20.6. The number of rotatable bonds is 14. The first-order valence-corrected chi connectivity index (χ1v) is 23.8. The highest BCUT2D eigenvalue weighted by Gasteiger charge is 2.31. The van der Waals surface area contributed by atoms with Crippen LogP contribution in [-0.2, 0) is 14.8 Å². The number of aromatic nitrogens is 4. The fourth-order valence-corrected chi connectivity index (χ4v) is 10.2. The molecule has 2 saturated heterocycles. The quantitative estimate of drug-likeness (QED) is 0.0626. The third-order valence-electron chi connectivity index (χ3n) is 12.7. The second kappa shape index (κ2) is 18.6. The summed E-state index contributed by atoms with van der Waals surface area (Å²) >= 11 is 6.26. The van der Waals surface area contributed by atoms with Gasteiger partial charge in [-0.3, -0.25) is 34.5 Å². The standard InChI is InChI=1S/C47H52ClN9O7S/c1-47(2)14-12-34(39(29-47)32-4-6-35(48)7-5-32)31-54-17-19-55(20-18-54)36-8-10-38(41(27-36)56-42-26-33-13-15-49-45(33)51-40(42)30-50-56)46(58)52-65(61,62)37-9-11-44(43(28-37)57(59)60)64-23-3-16-53-21-24-63-25-22-53/h4-11,13,15,26-28,30,50H,3,12,14,16-25,29,31H2,1-2H3,(H,52,58). The van der Waals surface area contributed by atoms with Gasteiger partial charge in [-0.2, -0.15) is 0 Å².